The zero-order valence-corrected chi connectivity index (χ0v) is 26.0. The van der Waals surface area contributed by atoms with Crippen molar-refractivity contribution in [3.63, 3.8) is 0 Å². The fourth-order valence-electron chi connectivity index (χ4n) is 5.31. The number of carbonyl (C=O) groups is 2. The van der Waals surface area contributed by atoms with Crippen molar-refractivity contribution in [1.82, 2.24) is 10.3 Å². The summed E-state index contributed by atoms with van der Waals surface area (Å²) in [7, 11) is 3.06. The summed E-state index contributed by atoms with van der Waals surface area (Å²) in [5.41, 5.74) is 5.67. The minimum atomic E-state index is -4.67. The summed E-state index contributed by atoms with van der Waals surface area (Å²) in [6.07, 6.45) is -2.13. The number of nitrogens with two attached hydrogens (primary N) is 1. The molecule has 0 spiro atoms. The lowest BCUT2D eigenvalue weighted by Gasteiger charge is -2.35. The number of hydrogen-bond acceptors (Lipinski definition) is 8. The Labute approximate surface area is 269 Å². The number of methoxy groups -OCH3 is 2. The molecular weight excluding hydrogens is 617 g/mol. The van der Waals surface area contributed by atoms with Crippen LogP contribution in [-0.2, 0) is 11.0 Å². The van der Waals surface area contributed by atoms with Crippen LogP contribution in [0.5, 0.6) is 23.0 Å². The van der Waals surface area contributed by atoms with Gasteiger partial charge >= 0.3 is 12.2 Å². The number of amides is 3. The van der Waals surface area contributed by atoms with E-state index in [1.807, 2.05) is 0 Å². The molecule has 3 amide bonds. The molecule has 1 fully saturated rings. The average Bonchev–Trinajstić information content (AvgIpc) is 3.04. The molecule has 1 atom stereocenters. The second-order valence-corrected chi connectivity index (χ2v) is 11.0. The van der Waals surface area contributed by atoms with Gasteiger partial charge < -0.3 is 40.8 Å². The lowest BCUT2D eigenvalue weighted by atomic mass is 10.0. The van der Waals surface area contributed by atoms with Crippen LogP contribution in [0.2, 0.25) is 0 Å². The van der Waals surface area contributed by atoms with Crippen LogP contribution in [0.15, 0.2) is 66.9 Å². The molecular formula is C33H35F3N6O5. The molecule has 0 saturated carbocycles. The summed E-state index contributed by atoms with van der Waals surface area (Å²) >= 11 is 0. The number of carbonyl (C=O) groups excluding carboxylic acids is 2. The van der Waals surface area contributed by atoms with Crippen LogP contribution in [0.1, 0.15) is 25.3 Å². The number of fused-ring (bicyclic) bond motifs is 1. The van der Waals surface area contributed by atoms with Gasteiger partial charge in [-0.2, -0.15) is 13.2 Å². The number of nitrogens with zero attached hydrogens (tertiary/aromatic N) is 2. The monoisotopic (exact) mass is 652 g/mol. The number of anilines is 3. The second-order valence-electron chi connectivity index (χ2n) is 11.0. The van der Waals surface area contributed by atoms with Gasteiger partial charge in [0.25, 0.3) is 0 Å². The van der Waals surface area contributed by atoms with Gasteiger partial charge in [0, 0.05) is 59.9 Å². The average molecular weight is 653 g/mol. The van der Waals surface area contributed by atoms with Crippen LogP contribution in [0.25, 0.3) is 10.9 Å². The SMILES string of the molecule is COc1cc2nccc(Oc3cccc(NC(=O)Nc4ccc(N5CCC(NC(=O)[C@H](C)N)CC5)c(C(F)(F)F)c4)c3)c2cc1OC. The first-order valence-electron chi connectivity index (χ1n) is 14.8. The van der Waals surface area contributed by atoms with E-state index in [1.165, 1.54) is 26.4 Å². The molecule has 11 nitrogen and oxygen atoms in total. The molecule has 3 aromatic carbocycles. The number of benzene rings is 3. The van der Waals surface area contributed by atoms with E-state index >= 15 is 0 Å². The maximum Gasteiger partial charge on any atom is 0.418 e. The first-order valence-corrected chi connectivity index (χ1v) is 14.8. The number of nitrogens with one attached hydrogen (secondary N) is 3. The Morgan fingerprint density at radius 2 is 1.62 bits per heavy atom. The Morgan fingerprint density at radius 1 is 0.936 bits per heavy atom. The number of piperidine rings is 1. The zero-order valence-electron chi connectivity index (χ0n) is 26.0. The van der Waals surface area contributed by atoms with Crippen LogP contribution in [0, 0.1) is 0 Å². The minimum Gasteiger partial charge on any atom is -0.493 e. The highest BCUT2D eigenvalue weighted by molar-refractivity contribution is 6.00. The number of ether oxygens (including phenoxy) is 3. The highest BCUT2D eigenvalue weighted by Gasteiger charge is 2.36. The number of urea groups is 1. The number of hydrogen-bond donors (Lipinski definition) is 4. The molecule has 4 aromatic rings. The van der Waals surface area contributed by atoms with E-state index in [1.54, 1.807) is 60.5 Å². The lowest BCUT2D eigenvalue weighted by molar-refractivity contribution is -0.137. The van der Waals surface area contributed by atoms with Crippen molar-refractivity contribution < 1.29 is 37.0 Å². The molecule has 1 aliphatic rings. The van der Waals surface area contributed by atoms with E-state index in [0.717, 1.165) is 6.07 Å². The van der Waals surface area contributed by atoms with Crippen molar-refractivity contribution in [2.75, 3.05) is 42.8 Å². The third kappa shape index (κ3) is 7.95. The third-order valence-corrected chi connectivity index (χ3v) is 7.68. The number of rotatable bonds is 9. The first kappa shape index (κ1) is 33.1. The maximum atomic E-state index is 14.1. The van der Waals surface area contributed by atoms with E-state index in [-0.39, 0.29) is 23.3 Å². The van der Waals surface area contributed by atoms with Gasteiger partial charge in [0.05, 0.1) is 31.3 Å². The van der Waals surface area contributed by atoms with Gasteiger partial charge in [-0.25, -0.2) is 4.79 Å². The maximum absolute atomic E-state index is 14.1. The smallest absolute Gasteiger partial charge is 0.418 e. The summed E-state index contributed by atoms with van der Waals surface area (Å²) < 4.78 is 59.3. The molecule has 0 aliphatic carbocycles. The van der Waals surface area contributed by atoms with Crippen LogP contribution >= 0.6 is 0 Å². The summed E-state index contributed by atoms with van der Waals surface area (Å²) in [4.78, 5) is 30.7. The molecule has 0 unspecified atom stereocenters. The van der Waals surface area contributed by atoms with Gasteiger partial charge in [-0.3, -0.25) is 9.78 Å². The fourth-order valence-corrected chi connectivity index (χ4v) is 5.31. The van der Waals surface area contributed by atoms with Gasteiger partial charge in [0.2, 0.25) is 5.91 Å². The second kappa shape index (κ2) is 14.0. The van der Waals surface area contributed by atoms with Crippen LogP contribution < -0.4 is 40.8 Å². The molecule has 1 aliphatic heterocycles. The summed E-state index contributed by atoms with van der Waals surface area (Å²) in [6, 6.07) is 13.8. The van der Waals surface area contributed by atoms with E-state index in [2.05, 4.69) is 20.9 Å². The van der Waals surface area contributed by atoms with Gasteiger partial charge in [-0.1, -0.05) is 6.07 Å². The third-order valence-electron chi connectivity index (χ3n) is 7.68. The van der Waals surface area contributed by atoms with Crippen molar-refractivity contribution in [3.05, 3.63) is 72.4 Å². The van der Waals surface area contributed by atoms with Crippen molar-refractivity contribution in [2.24, 2.45) is 5.73 Å². The quantitative estimate of drug-likeness (QED) is 0.169. The minimum absolute atomic E-state index is 0.00461. The van der Waals surface area contributed by atoms with Gasteiger partial charge in [-0.05, 0) is 62.2 Å². The van der Waals surface area contributed by atoms with Crippen molar-refractivity contribution in [3.8, 4) is 23.0 Å². The van der Waals surface area contributed by atoms with Crippen molar-refractivity contribution in [1.29, 1.82) is 0 Å². The fraction of sp³-hybridized carbons (Fsp3) is 0.303. The molecule has 14 heteroatoms. The van der Waals surface area contributed by atoms with Gasteiger partial charge in [0.1, 0.15) is 11.5 Å². The number of halogens is 3. The predicted molar refractivity (Wildman–Crippen MR) is 172 cm³/mol. The summed E-state index contributed by atoms with van der Waals surface area (Å²) in [5.74, 6) is 1.60. The van der Waals surface area contributed by atoms with Crippen molar-refractivity contribution >= 4 is 39.9 Å². The lowest BCUT2D eigenvalue weighted by Crippen LogP contribution is -2.49. The largest absolute Gasteiger partial charge is 0.493 e. The first-order chi connectivity index (χ1) is 22.4. The summed E-state index contributed by atoms with van der Waals surface area (Å²) in [5, 5.41) is 8.62. The standard InChI is InChI=1S/C33H35F3N6O5/c1-19(37)31(43)39-20-10-13-42(14-11-20)27-8-7-22(16-25(27)33(34,35)36)41-32(44)40-21-5-4-6-23(15-21)47-28-9-12-38-26-18-30(46-3)29(45-2)17-24(26)28/h4-9,12,15-20H,10-11,13-14,37H2,1-3H3,(H,39,43)(H2,40,41,44)/t19-/m0/s1. The molecule has 5 N–H and O–H groups in total. The molecule has 0 radical (unpaired) electrons. The molecule has 1 aromatic heterocycles. The summed E-state index contributed by atoms with van der Waals surface area (Å²) in [6.45, 7) is 2.20. The number of pyridine rings is 1. The topological polar surface area (TPSA) is 140 Å². The molecule has 1 saturated heterocycles. The van der Waals surface area contributed by atoms with Crippen LogP contribution in [-0.4, -0.2) is 56.3 Å². The highest BCUT2D eigenvalue weighted by atomic mass is 19.4. The highest BCUT2D eigenvalue weighted by Crippen LogP contribution is 2.40. The Balaban J connectivity index is 1.26. The number of aromatic nitrogens is 1. The molecule has 2 heterocycles. The zero-order chi connectivity index (χ0) is 33.7. The van der Waals surface area contributed by atoms with Crippen LogP contribution in [0.4, 0.5) is 35.0 Å². The van der Waals surface area contributed by atoms with Crippen molar-refractivity contribution in [2.45, 2.75) is 38.0 Å². The number of alkyl halides is 3. The normalized spacial score (nSPS) is 14.3. The predicted octanol–water partition coefficient (Wildman–Crippen LogP) is 6.14. The Kier molecular flexibility index (Phi) is 9.89. The Hall–Kier alpha value is -5.24. The molecule has 248 valence electrons. The van der Waals surface area contributed by atoms with E-state index < -0.39 is 23.8 Å². The molecule has 5 rings (SSSR count). The van der Waals surface area contributed by atoms with Gasteiger partial charge in [-0.15, -0.1) is 0 Å². The molecule has 47 heavy (non-hydrogen) atoms. The van der Waals surface area contributed by atoms with E-state index in [9.17, 15) is 22.8 Å². The van der Waals surface area contributed by atoms with Crippen LogP contribution in [0.3, 0.4) is 0 Å². The van der Waals surface area contributed by atoms with E-state index in [4.69, 9.17) is 19.9 Å². The van der Waals surface area contributed by atoms with Gasteiger partial charge in [0.15, 0.2) is 11.5 Å². The Morgan fingerprint density at radius 3 is 2.28 bits per heavy atom. The van der Waals surface area contributed by atoms with E-state index in [0.29, 0.717) is 65.5 Å². The molecule has 0 bridgehead atoms. The Bertz CT molecular complexity index is 1760.